The van der Waals surface area contributed by atoms with Crippen LogP contribution in [-0.2, 0) is 0 Å². The smallest absolute Gasteiger partial charge is 0.189 e. The van der Waals surface area contributed by atoms with Gasteiger partial charge in [0.05, 0.1) is 5.56 Å². The molecule has 0 fully saturated rings. The Labute approximate surface area is 76.0 Å². The minimum atomic E-state index is -0.278. The Hall–Kier alpha value is -1.77. The highest BCUT2D eigenvalue weighted by Crippen LogP contribution is 2.22. The average molecular weight is 178 g/mol. The van der Waals surface area contributed by atoms with Crippen LogP contribution in [0.15, 0.2) is 30.4 Å². The fraction of sp³-hybridized carbons (Fsp3) is 0.100. The van der Waals surface area contributed by atoms with Crippen molar-refractivity contribution in [2.45, 2.75) is 6.92 Å². The molecule has 2 N–H and O–H groups in total. The van der Waals surface area contributed by atoms with Gasteiger partial charge in [0.25, 0.3) is 0 Å². The highest BCUT2D eigenvalue weighted by atomic mass is 16.3. The minimum Gasteiger partial charge on any atom is -0.508 e. The highest BCUT2D eigenvalue weighted by Gasteiger charge is 2.07. The predicted molar refractivity (Wildman–Crippen MR) is 48.9 cm³/mol. The van der Waals surface area contributed by atoms with Gasteiger partial charge in [-0.3, -0.25) is 4.79 Å². The lowest BCUT2D eigenvalue weighted by Gasteiger charge is -2.00. The van der Waals surface area contributed by atoms with Crippen LogP contribution in [0.25, 0.3) is 0 Å². The summed E-state index contributed by atoms with van der Waals surface area (Å²) in [5.74, 6) is -0.544. The topological polar surface area (TPSA) is 57.5 Å². The molecule has 0 heterocycles. The Balaban J connectivity index is 3.09. The third-order valence-electron chi connectivity index (χ3n) is 1.56. The van der Waals surface area contributed by atoms with E-state index in [9.17, 15) is 9.90 Å². The number of hydrogen-bond acceptors (Lipinski definition) is 3. The van der Waals surface area contributed by atoms with Crippen LogP contribution in [0.4, 0.5) is 0 Å². The fourth-order valence-electron chi connectivity index (χ4n) is 0.970. The molecule has 0 aliphatic rings. The zero-order chi connectivity index (χ0) is 9.84. The molecule has 0 saturated heterocycles. The van der Waals surface area contributed by atoms with Gasteiger partial charge in [-0.1, -0.05) is 6.08 Å². The summed E-state index contributed by atoms with van der Waals surface area (Å²) in [5, 5.41) is 18.2. The number of phenols is 2. The highest BCUT2D eigenvalue weighted by molar-refractivity contribution is 6.06. The van der Waals surface area contributed by atoms with Gasteiger partial charge in [-0.25, -0.2) is 0 Å². The normalized spacial score (nSPS) is 10.5. The van der Waals surface area contributed by atoms with Crippen molar-refractivity contribution in [2.24, 2.45) is 0 Å². The lowest BCUT2D eigenvalue weighted by atomic mass is 10.1. The molecular formula is C10H10O3. The third kappa shape index (κ3) is 2.08. The average Bonchev–Trinajstić information content (AvgIpc) is 2.04. The first kappa shape index (κ1) is 9.32. The zero-order valence-corrected chi connectivity index (χ0v) is 7.19. The van der Waals surface area contributed by atoms with Crippen molar-refractivity contribution in [3.05, 3.63) is 35.9 Å². The SMILES string of the molecule is C/C=C/C(=O)c1ccc(O)cc1O. The van der Waals surface area contributed by atoms with E-state index in [1.165, 1.54) is 18.2 Å². The van der Waals surface area contributed by atoms with E-state index in [4.69, 9.17) is 5.11 Å². The van der Waals surface area contributed by atoms with Crippen LogP contribution < -0.4 is 0 Å². The summed E-state index contributed by atoms with van der Waals surface area (Å²) in [7, 11) is 0. The van der Waals surface area contributed by atoms with Crippen molar-refractivity contribution >= 4 is 5.78 Å². The summed E-state index contributed by atoms with van der Waals surface area (Å²) in [6.45, 7) is 1.72. The fourth-order valence-corrected chi connectivity index (χ4v) is 0.970. The van der Waals surface area contributed by atoms with Crippen molar-refractivity contribution < 1.29 is 15.0 Å². The molecule has 1 rings (SSSR count). The van der Waals surface area contributed by atoms with Gasteiger partial charge in [0.1, 0.15) is 11.5 Å². The van der Waals surface area contributed by atoms with E-state index in [0.717, 1.165) is 6.07 Å². The van der Waals surface area contributed by atoms with Gasteiger partial charge in [-0.15, -0.1) is 0 Å². The van der Waals surface area contributed by atoms with E-state index in [-0.39, 0.29) is 22.8 Å². The van der Waals surface area contributed by atoms with Crippen LogP contribution in [0.1, 0.15) is 17.3 Å². The second-order valence-electron chi connectivity index (χ2n) is 2.57. The van der Waals surface area contributed by atoms with Crippen molar-refractivity contribution in [3.8, 4) is 11.5 Å². The number of rotatable bonds is 2. The molecule has 0 amide bonds. The Morgan fingerprint density at radius 3 is 2.62 bits per heavy atom. The molecule has 68 valence electrons. The summed E-state index contributed by atoms with van der Waals surface area (Å²) < 4.78 is 0. The lowest BCUT2D eigenvalue weighted by Crippen LogP contribution is -1.93. The standard InChI is InChI=1S/C10H10O3/c1-2-3-9(12)8-5-4-7(11)6-10(8)13/h2-6,11,13H,1H3/b3-2+. The second kappa shape index (κ2) is 3.76. The Morgan fingerprint density at radius 2 is 2.08 bits per heavy atom. The maximum atomic E-state index is 11.2. The van der Waals surface area contributed by atoms with Crippen LogP contribution in [0.5, 0.6) is 11.5 Å². The molecular weight excluding hydrogens is 168 g/mol. The summed E-state index contributed by atoms with van der Waals surface area (Å²) >= 11 is 0. The monoisotopic (exact) mass is 178 g/mol. The molecule has 3 nitrogen and oxygen atoms in total. The van der Waals surface area contributed by atoms with Crippen LogP contribution in [-0.4, -0.2) is 16.0 Å². The maximum absolute atomic E-state index is 11.2. The first-order valence-electron chi connectivity index (χ1n) is 3.84. The molecule has 1 aromatic rings. The Bertz CT molecular complexity index is 353. The molecule has 0 saturated carbocycles. The predicted octanol–water partition coefficient (Wildman–Crippen LogP) is 1.86. The molecule has 0 aliphatic carbocycles. The van der Waals surface area contributed by atoms with Crippen molar-refractivity contribution in [1.82, 2.24) is 0 Å². The van der Waals surface area contributed by atoms with Gasteiger partial charge in [0, 0.05) is 6.07 Å². The Morgan fingerprint density at radius 1 is 1.38 bits per heavy atom. The van der Waals surface area contributed by atoms with Gasteiger partial charge in [-0.05, 0) is 25.1 Å². The lowest BCUT2D eigenvalue weighted by molar-refractivity contribution is 0.104. The van der Waals surface area contributed by atoms with E-state index >= 15 is 0 Å². The molecule has 0 aliphatic heterocycles. The van der Waals surface area contributed by atoms with Gasteiger partial charge < -0.3 is 10.2 Å². The number of allylic oxidation sites excluding steroid dienone is 2. The molecule has 0 bridgehead atoms. The molecule has 13 heavy (non-hydrogen) atoms. The number of hydrogen-bond donors (Lipinski definition) is 2. The molecule has 0 atom stereocenters. The van der Waals surface area contributed by atoms with Crippen LogP contribution in [0.3, 0.4) is 0 Å². The molecule has 0 radical (unpaired) electrons. The Kier molecular flexibility index (Phi) is 2.69. The van der Waals surface area contributed by atoms with Crippen molar-refractivity contribution in [3.63, 3.8) is 0 Å². The number of carbonyl (C=O) groups excluding carboxylic acids is 1. The van der Waals surface area contributed by atoms with Crippen LogP contribution in [0.2, 0.25) is 0 Å². The van der Waals surface area contributed by atoms with Crippen LogP contribution >= 0.6 is 0 Å². The van der Waals surface area contributed by atoms with Gasteiger partial charge in [0.2, 0.25) is 0 Å². The van der Waals surface area contributed by atoms with Crippen molar-refractivity contribution in [2.75, 3.05) is 0 Å². The molecule has 0 unspecified atom stereocenters. The molecule has 1 aromatic carbocycles. The van der Waals surface area contributed by atoms with Gasteiger partial charge in [0.15, 0.2) is 5.78 Å². The number of benzene rings is 1. The number of aromatic hydroxyl groups is 2. The number of phenolic OH excluding ortho intramolecular Hbond substituents is 2. The van der Waals surface area contributed by atoms with E-state index < -0.39 is 0 Å². The van der Waals surface area contributed by atoms with Gasteiger partial charge >= 0.3 is 0 Å². The minimum absolute atomic E-state index is 0.0606. The molecule has 0 aromatic heterocycles. The quantitative estimate of drug-likeness (QED) is 0.536. The number of carbonyl (C=O) groups is 1. The van der Waals surface area contributed by atoms with Crippen LogP contribution in [0, 0.1) is 0 Å². The first-order chi connectivity index (χ1) is 6.15. The van der Waals surface area contributed by atoms with Gasteiger partial charge in [-0.2, -0.15) is 0 Å². The first-order valence-corrected chi connectivity index (χ1v) is 3.84. The summed E-state index contributed by atoms with van der Waals surface area (Å²) in [5.41, 5.74) is 0.191. The van der Waals surface area contributed by atoms with E-state index in [1.807, 2.05) is 0 Å². The van der Waals surface area contributed by atoms with E-state index in [0.29, 0.717) is 0 Å². The summed E-state index contributed by atoms with van der Waals surface area (Å²) in [4.78, 5) is 11.2. The van der Waals surface area contributed by atoms with Crippen molar-refractivity contribution in [1.29, 1.82) is 0 Å². The molecule has 3 heteroatoms. The van der Waals surface area contributed by atoms with E-state index in [2.05, 4.69) is 0 Å². The third-order valence-corrected chi connectivity index (χ3v) is 1.56. The largest absolute Gasteiger partial charge is 0.508 e. The summed E-state index contributed by atoms with van der Waals surface area (Å²) in [6, 6.07) is 3.88. The van der Waals surface area contributed by atoms with E-state index in [1.54, 1.807) is 13.0 Å². The number of ketones is 1. The second-order valence-corrected chi connectivity index (χ2v) is 2.57. The maximum Gasteiger partial charge on any atom is 0.189 e. The molecule has 0 spiro atoms. The zero-order valence-electron chi connectivity index (χ0n) is 7.19. The summed E-state index contributed by atoms with van der Waals surface area (Å²) in [6.07, 6.45) is 2.95.